The highest BCUT2D eigenvalue weighted by Crippen LogP contribution is 2.15. The Morgan fingerprint density at radius 1 is 1.40 bits per heavy atom. The predicted molar refractivity (Wildman–Crippen MR) is 72.2 cm³/mol. The number of rotatable bonds is 3. The van der Waals surface area contributed by atoms with E-state index in [1.165, 1.54) is 29.3 Å². The van der Waals surface area contributed by atoms with Crippen LogP contribution in [0.25, 0.3) is 0 Å². The van der Waals surface area contributed by atoms with Gasteiger partial charge < -0.3 is 5.11 Å². The van der Waals surface area contributed by atoms with Crippen LogP contribution < -0.4 is 4.72 Å². The van der Waals surface area contributed by atoms with Gasteiger partial charge in [0.2, 0.25) is 0 Å². The quantitative estimate of drug-likeness (QED) is 0.774. The Bertz CT molecular complexity index is 771. The van der Waals surface area contributed by atoms with Gasteiger partial charge in [-0.1, -0.05) is 11.8 Å². The number of hydrogen-bond acceptors (Lipinski definition) is 5. The minimum Gasteiger partial charge on any atom is -0.384 e. The first-order valence-electron chi connectivity index (χ1n) is 5.57. The lowest BCUT2D eigenvalue weighted by Gasteiger charge is -2.05. The van der Waals surface area contributed by atoms with Crippen molar-refractivity contribution >= 4 is 15.7 Å². The van der Waals surface area contributed by atoms with E-state index < -0.39 is 10.0 Å². The maximum Gasteiger partial charge on any atom is 0.263 e. The second-order valence-electron chi connectivity index (χ2n) is 3.88. The largest absolute Gasteiger partial charge is 0.384 e. The fourth-order valence-corrected chi connectivity index (χ4v) is 2.48. The SMILES string of the molecule is Cn1cc(NS(=O)(=O)c2cncc(C#CCO)c2)cn1. The van der Waals surface area contributed by atoms with E-state index in [-0.39, 0.29) is 11.5 Å². The molecule has 0 radical (unpaired) electrons. The Labute approximate surface area is 116 Å². The summed E-state index contributed by atoms with van der Waals surface area (Å²) >= 11 is 0. The summed E-state index contributed by atoms with van der Waals surface area (Å²) < 4.78 is 28.2. The fraction of sp³-hybridized carbons (Fsp3) is 0.167. The molecule has 2 aromatic rings. The average Bonchev–Trinajstić information content (AvgIpc) is 2.81. The molecule has 0 fully saturated rings. The van der Waals surface area contributed by atoms with E-state index in [1.807, 2.05) is 0 Å². The minimum absolute atomic E-state index is 0.00825. The van der Waals surface area contributed by atoms with Crippen molar-refractivity contribution in [3.8, 4) is 11.8 Å². The zero-order valence-corrected chi connectivity index (χ0v) is 11.4. The van der Waals surface area contributed by atoms with Crippen molar-refractivity contribution in [1.82, 2.24) is 14.8 Å². The van der Waals surface area contributed by atoms with Crippen LogP contribution in [-0.2, 0) is 17.1 Å². The van der Waals surface area contributed by atoms with Crippen molar-refractivity contribution < 1.29 is 13.5 Å². The summed E-state index contributed by atoms with van der Waals surface area (Å²) in [7, 11) is -2.06. The third-order valence-electron chi connectivity index (χ3n) is 2.29. The third-order valence-corrected chi connectivity index (χ3v) is 3.64. The van der Waals surface area contributed by atoms with Crippen LogP contribution in [-0.4, -0.2) is 34.9 Å². The van der Waals surface area contributed by atoms with Crippen LogP contribution in [0.4, 0.5) is 5.69 Å². The molecule has 8 heteroatoms. The minimum atomic E-state index is -3.74. The van der Waals surface area contributed by atoms with E-state index >= 15 is 0 Å². The van der Waals surface area contributed by atoms with Crippen molar-refractivity contribution in [2.45, 2.75) is 4.90 Å². The first kappa shape index (κ1) is 14.0. The van der Waals surface area contributed by atoms with Crippen LogP contribution in [0.1, 0.15) is 5.56 Å². The van der Waals surface area contributed by atoms with Crippen LogP contribution in [0.2, 0.25) is 0 Å². The molecule has 0 amide bonds. The molecular weight excluding hydrogens is 280 g/mol. The maximum absolute atomic E-state index is 12.2. The van der Waals surface area contributed by atoms with E-state index in [2.05, 4.69) is 26.6 Å². The molecule has 0 saturated heterocycles. The van der Waals surface area contributed by atoms with Crippen molar-refractivity contribution in [3.05, 3.63) is 36.4 Å². The number of aromatic nitrogens is 3. The van der Waals surface area contributed by atoms with Crippen LogP contribution in [0.15, 0.2) is 35.7 Å². The van der Waals surface area contributed by atoms with E-state index in [1.54, 1.807) is 13.2 Å². The average molecular weight is 292 g/mol. The number of nitrogens with one attached hydrogen (secondary N) is 1. The number of aliphatic hydroxyl groups is 1. The third kappa shape index (κ3) is 3.34. The van der Waals surface area contributed by atoms with Crippen LogP contribution >= 0.6 is 0 Å². The van der Waals surface area contributed by atoms with Gasteiger partial charge in [-0.25, -0.2) is 8.42 Å². The van der Waals surface area contributed by atoms with Gasteiger partial charge in [-0.3, -0.25) is 14.4 Å². The summed E-state index contributed by atoms with van der Waals surface area (Å²) in [5.74, 6) is 5.04. The molecule has 0 saturated carbocycles. The van der Waals surface area contributed by atoms with Gasteiger partial charge in [0.05, 0.1) is 11.9 Å². The van der Waals surface area contributed by atoms with E-state index in [0.717, 1.165) is 0 Å². The highest BCUT2D eigenvalue weighted by molar-refractivity contribution is 7.92. The fourth-order valence-electron chi connectivity index (χ4n) is 1.46. The molecule has 2 N–H and O–H groups in total. The molecule has 0 aliphatic carbocycles. The Balaban J connectivity index is 2.29. The van der Waals surface area contributed by atoms with E-state index in [0.29, 0.717) is 11.3 Å². The number of anilines is 1. The summed E-state index contributed by atoms with van der Waals surface area (Å²) in [6, 6.07) is 1.38. The molecule has 0 aliphatic heterocycles. The van der Waals surface area contributed by atoms with Gasteiger partial charge in [0.1, 0.15) is 11.5 Å². The molecule has 2 rings (SSSR count). The number of aliphatic hydroxyl groups excluding tert-OH is 1. The zero-order chi connectivity index (χ0) is 14.6. The normalized spacial score (nSPS) is 10.7. The smallest absolute Gasteiger partial charge is 0.263 e. The van der Waals surface area contributed by atoms with Crippen molar-refractivity contribution in [2.75, 3.05) is 11.3 Å². The molecule has 7 nitrogen and oxygen atoms in total. The second kappa shape index (κ2) is 5.73. The Hall–Kier alpha value is -2.37. The monoisotopic (exact) mass is 292 g/mol. The highest BCUT2D eigenvalue weighted by atomic mass is 32.2. The van der Waals surface area contributed by atoms with Gasteiger partial charge in [0.25, 0.3) is 10.0 Å². The molecule has 0 aromatic carbocycles. The van der Waals surface area contributed by atoms with E-state index in [4.69, 9.17) is 5.11 Å². The summed E-state index contributed by atoms with van der Waals surface area (Å²) in [6.45, 7) is -0.301. The lowest BCUT2D eigenvalue weighted by Crippen LogP contribution is -2.13. The van der Waals surface area contributed by atoms with Crippen LogP contribution in [0, 0.1) is 11.8 Å². The molecule has 0 aliphatic rings. The molecule has 104 valence electrons. The first-order valence-corrected chi connectivity index (χ1v) is 7.06. The van der Waals surface area contributed by atoms with Gasteiger partial charge in [-0.15, -0.1) is 0 Å². The molecular formula is C12H12N4O3S. The molecule has 0 atom stereocenters. The predicted octanol–water partition coefficient (Wildman–Crippen LogP) is -0.0403. The first-order chi connectivity index (χ1) is 9.51. The Morgan fingerprint density at radius 2 is 2.20 bits per heavy atom. The summed E-state index contributed by atoms with van der Waals surface area (Å²) in [5.41, 5.74) is 0.771. The molecule has 0 spiro atoms. The van der Waals surface area contributed by atoms with Crippen LogP contribution in [0.5, 0.6) is 0 Å². The lowest BCUT2D eigenvalue weighted by molar-refractivity contribution is 0.350. The number of pyridine rings is 1. The van der Waals surface area contributed by atoms with E-state index in [9.17, 15) is 8.42 Å². The zero-order valence-electron chi connectivity index (χ0n) is 10.6. The highest BCUT2D eigenvalue weighted by Gasteiger charge is 2.15. The number of hydrogen-bond donors (Lipinski definition) is 2. The molecule has 20 heavy (non-hydrogen) atoms. The second-order valence-corrected chi connectivity index (χ2v) is 5.56. The van der Waals surface area contributed by atoms with Crippen molar-refractivity contribution in [3.63, 3.8) is 0 Å². The number of aryl methyl sites for hydroxylation is 1. The van der Waals surface area contributed by atoms with Gasteiger partial charge in [0, 0.05) is 31.2 Å². The molecule has 2 heterocycles. The molecule has 0 bridgehead atoms. The van der Waals surface area contributed by atoms with Crippen molar-refractivity contribution in [1.29, 1.82) is 0 Å². The van der Waals surface area contributed by atoms with Crippen molar-refractivity contribution in [2.24, 2.45) is 7.05 Å². The summed E-state index contributed by atoms with van der Waals surface area (Å²) in [6.07, 6.45) is 5.59. The van der Waals surface area contributed by atoms with Gasteiger partial charge in [-0.05, 0) is 6.07 Å². The lowest BCUT2D eigenvalue weighted by atomic mass is 10.3. The number of nitrogens with zero attached hydrogens (tertiary/aromatic N) is 3. The number of sulfonamides is 1. The van der Waals surface area contributed by atoms with Gasteiger partial charge in [0.15, 0.2) is 0 Å². The molecule has 0 unspecified atom stereocenters. The standard InChI is InChI=1S/C12H12N4O3S/c1-16-9-11(7-14-16)15-20(18,19)12-5-10(3-2-4-17)6-13-8-12/h5-9,15,17H,4H2,1H3. The Morgan fingerprint density at radius 3 is 2.85 bits per heavy atom. The topological polar surface area (TPSA) is 97.1 Å². The molecule has 2 aromatic heterocycles. The van der Waals surface area contributed by atoms with Gasteiger partial charge >= 0.3 is 0 Å². The van der Waals surface area contributed by atoms with Gasteiger partial charge in [-0.2, -0.15) is 5.10 Å². The maximum atomic E-state index is 12.2. The summed E-state index contributed by atoms with van der Waals surface area (Å²) in [5, 5.41) is 12.5. The van der Waals surface area contributed by atoms with Crippen LogP contribution in [0.3, 0.4) is 0 Å². The summed E-state index contributed by atoms with van der Waals surface area (Å²) in [4.78, 5) is 3.82. The Kier molecular flexibility index (Phi) is 4.02.